The smallest absolute Gasteiger partial charge is 0.349 e. The van der Waals surface area contributed by atoms with Gasteiger partial charge in [-0.15, -0.1) is 0 Å². The first kappa shape index (κ1) is 12.9. The number of carbonyl (C=O) groups excluding carboxylic acids is 1. The Morgan fingerprint density at radius 2 is 2.25 bits per heavy atom. The number of carboxylic acid groups (broad SMARTS) is 1. The first-order valence-electron chi connectivity index (χ1n) is 5.28. The second kappa shape index (κ2) is 5.27. The van der Waals surface area contributed by atoms with Crippen LogP contribution in [0, 0.1) is 0 Å². The third kappa shape index (κ3) is 2.70. The molecule has 1 heterocycles. The number of carboxylic acids is 1. The van der Waals surface area contributed by atoms with Gasteiger partial charge in [0.05, 0.1) is 7.11 Å². The number of aliphatic carboxylic acids is 1. The van der Waals surface area contributed by atoms with Crippen molar-refractivity contribution in [2.75, 3.05) is 13.7 Å². The van der Waals surface area contributed by atoms with E-state index in [0.717, 1.165) is 26.5 Å². The average molecular weight is 231 g/mol. The topological polar surface area (TPSA) is 95.9 Å². The molecule has 0 amide bonds. The van der Waals surface area contributed by atoms with Crippen LogP contribution < -0.4 is 5.32 Å². The van der Waals surface area contributed by atoms with E-state index >= 15 is 0 Å². The fourth-order valence-corrected chi connectivity index (χ4v) is 1.85. The normalized spacial score (nSPS) is 23.8. The zero-order valence-electron chi connectivity index (χ0n) is 9.23. The molecule has 92 valence electrons. The predicted molar refractivity (Wildman–Crippen MR) is 54.9 cm³/mol. The van der Waals surface area contributed by atoms with Gasteiger partial charge in [-0.3, -0.25) is 0 Å². The fourth-order valence-electron chi connectivity index (χ4n) is 1.85. The molecule has 1 rings (SSSR count). The lowest BCUT2D eigenvalue weighted by molar-refractivity contribution is -0.179. The van der Waals surface area contributed by atoms with Crippen LogP contribution in [0.4, 0.5) is 0 Å². The number of hydrogen-bond donors (Lipinski definition) is 3. The number of esters is 1. The Morgan fingerprint density at radius 3 is 2.69 bits per heavy atom. The zero-order valence-corrected chi connectivity index (χ0v) is 9.23. The second-order valence-corrected chi connectivity index (χ2v) is 3.99. The second-order valence-electron chi connectivity index (χ2n) is 3.99. The predicted octanol–water partition coefficient (Wildman–Crippen LogP) is -0.493. The summed E-state index contributed by atoms with van der Waals surface area (Å²) >= 11 is 0. The quantitative estimate of drug-likeness (QED) is 0.436. The minimum Gasteiger partial charge on any atom is -0.479 e. The average Bonchev–Trinajstić information content (AvgIpc) is 2.77. The van der Waals surface area contributed by atoms with Crippen LogP contribution in [0.1, 0.15) is 25.7 Å². The number of ether oxygens (including phenoxy) is 1. The van der Waals surface area contributed by atoms with E-state index in [1.807, 2.05) is 0 Å². The Morgan fingerprint density at radius 1 is 1.56 bits per heavy atom. The molecule has 2 atom stereocenters. The van der Waals surface area contributed by atoms with Crippen molar-refractivity contribution in [3.8, 4) is 0 Å². The minimum atomic E-state index is -2.42. The first-order chi connectivity index (χ1) is 7.50. The highest BCUT2D eigenvalue weighted by molar-refractivity contribution is 6.02. The molecule has 3 N–H and O–H groups in total. The van der Waals surface area contributed by atoms with E-state index in [-0.39, 0.29) is 12.5 Å². The van der Waals surface area contributed by atoms with Crippen molar-refractivity contribution in [1.82, 2.24) is 5.32 Å². The van der Waals surface area contributed by atoms with Crippen LogP contribution in [0.25, 0.3) is 0 Å². The number of methoxy groups -OCH3 is 1. The Bertz CT molecular complexity index is 274. The number of rotatable bonds is 5. The summed E-state index contributed by atoms with van der Waals surface area (Å²) in [5.74, 6) is -2.67. The zero-order chi connectivity index (χ0) is 12.2. The van der Waals surface area contributed by atoms with Crippen LogP contribution in [0.3, 0.4) is 0 Å². The van der Waals surface area contributed by atoms with E-state index < -0.39 is 17.5 Å². The maximum absolute atomic E-state index is 11.2. The van der Waals surface area contributed by atoms with Gasteiger partial charge >= 0.3 is 11.9 Å². The van der Waals surface area contributed by atoms with Crippen molar-refractivity contribution in [2.45, 2.75) is 37.3 Å². The lowest BCUT2D eigenvalue weighted by Crippen LogP contribution is -2.48. The van der Waals surface area contributed by atoms with Gasteiger partial charge in [0.2, 0.25) is 0 Å². The highest BCUT2D eigenvalue weighted by Crippen LogP contribution is 2.20. The van der Waals surface area contributed by atoms with Crippen LogP contribution in [0.2, 0.25) is 0 Å². The highest BCUT2D eigenvalue weighted by Gasteiger charge is 2.45. The number of carbonyl (C=O) groups is 2. The number of nitrogens with one attached hydrogen (secondary N) is 1. The molecule has 1 aliphatic heterocycles. The van der Waals surface area contributed by atoms with Gasteiger partial charge in [-0.05, 0) is 32.2 Å². The summed E-state index contributed by atoms with van der Waals surface area (Å²) in [5, 5.41) is 21.7. The van der Waals surface area contributed by atoms with Crippen LogP contribution in [-0.2, 0) is 14.3 Å². The molecule has 0 saturated carbocycles. The minimum absolute atomic E-state index is 0.132. The Balaban J connectivity index is 2.56. The van der Waals surface area contributed by atoms with Crippen molar-refractivity contribution in [2.24, 2.45) is 0 Å². The lowest BCUT2D eigenvalue weighted by atomic mass is 9.94. The molecule has 6 nitrogen and oxygen atoms in total. The van der Waals surface area contributed by atoms with E-state index in [4.69, 9.17) is 5.11 Å². The molecule has 6 heteroatoms. The van der Waals surface area contributed by atoms with Gasteiger partial charge in [-0.25, -0.2) is 9.59 Å². The van der Waals surface area contributed by atoms with E-state index in [1.165, 1.54) is 0 Å². The van der Waals surface area contributed by atoms with Gasteiger partial charge in [0.1, 0.15) is 0 Å². The highest BCUT2D eigenvalue weighted by atomic mass is 16.5. The van der Waals surface area contributed by atoms with Crippen LogP contribution in [0.15, 0.2) is 0 Å². The summed E-state index contributed by atoms with van der Waals surface area (Å²) in [6.45, 7) is 0.897. The van der Waals surface area contributed by atoms with Crippen LogP contribution in [0.5, 0.6) is 0 Å². The molecule has 0 bridgehead atoms. The molecule has 0 radical (unpaired) electrons. The molecule has 1 aliphatic rings. The van der Waals surface area contributed by atoms with Crippen molar-refractivity contribution >= 4 is 11.9 Å². The third-order valence-corrected chi connectivity index (χ3v) is 2.89. The molecular formula is C10H17NO5. The van der Waals surface area contributed by atoms with Crippen LogP contribution in [-0.4, -0.2) is 47.4 Å². The molecule has 1 saturated heterocycles. The van der Waals surface area contributed by atoms with E-state index in [1.54, 1.807) is 0 Å². The standard InChI is InChI=1S/C10H17NO5/c1-16-9(14)10(15,8(12)13)5-4-7-3-2-6-11-7/h7,11,15H,2-6H2,1H3,(H,12,13)/t7?,10-/m1/s1. The fraction of sp³-hybridized carbons (Fsp3) is 0.800. The SMILES string of the molecule is COC(=O)[C@@](O)(CCC1CCCN1)C(=O)O. The first-order valence-corrected chi connectivity index (χ1v) is 5.28. The van der Waals surface area contributed by atoms with E-state index in [0.29, 0.717) is 6.42 Å². The van der Waals surface area contributed by atoms with Gasteiger partial charge in [0, 0.05) is 6.04 Å². The van der Waals surface area contributed by atoms with E-state index in [9.17, 15) is 14.7 Å². The molecular weight excluding hydrogens is 214 g/mol. The van der Waals surface area contributed by atoms with Gasteiger partial charge in [0.15, 0.2) is 0 Å². The van der Waals surface area contributed by atoms with Gasteiger partial charge in [0.25, 0.3) is 5.60 Å². The largest absolute Gasteiger partial charge is 0.479 e. The third-order valence-electron chi connectivity index (χ3n) is 2.89. The lowest BCUT2D eigenvalue weighted by Gasteiger charge is -2.21. The molecule has 16 heavy (non-hydrogen) atoms. The molecule has 0 spiro atoms. The molecule has 1 unspecified atom stereocenters. The maximum atomic E-state index is 11.2. The Labute approximate surface area is 93.6 Å². The van der Waals surface area contributed by atoms with E-state index in [2.05, 4.69) is 10.1 Å². The Kier molecular flexibility index (Phi) is 4.26. The summed E-state index contributed by atoms with van der Waals surface area (Å²) < 4.78 is 4.30. The summed E-state index contributed by atoms with van der Waals surface area (Å²) in [5.41, 5.74) is -2.42. The summed E-state index contributed by atoms with van der Waals surface area (Å²) in [6.07, 6.45) is 2.29. The monoisotopic (exact) mass is 231 g/mol. The van der Waals surface area contributed by atoms with Gasteiger partial charge < -0.3 is 20.3 Å². The Hall–Kier alpha value is -1.14. The molecule has 0 aliphatic carbocycles. The van der Waals surface area contributed by atoms with Crippen molar-refractivity contribution in [3.05, 3.63) is 0 Å². The molecule has 0 aromatic rings. The number of hydrogen-bond acceptors (Lipinski definition) is 5. The molecule has 0 aromatic carbocycles. The van der Waals surface area contributed by atoms with Crippen LogP contribution >= 0.6 is 0 Å². The summed E-state index contributed by atoms with van der Waals surface area (Å²) in [7, 11) is 1.06. The molecule has 1 fully saturated rings. The van der Waals surface area contributed by atoms with Crippen molar-refractivity contribution < 1.29 is 24.5 Å². The van der Waals surface area contributed by atoms with Crippen molar-refractivity contribution in [1.29, 1.82) is 0 Å². The van der Waals surface area contributed by atoms with Gasteiger partial charge in [-0.2, -0.15) is 0 Å². The summed E-state index contributed by atoms with van der Waals surface area (Å²) in [6, 6.07) is 0.176. The maximum Gasteiger partial charge on any atom is 0.349 e. The molecule has 0 aromatic heterocycles. The summed E-state index contributed by atoms with van der Waals surface area (Å²) in [4.78, 5) is 22.1. The van der Waals surface area contributed by atoms with Crippen molar-refractivity contribution in [3.63, 3.8) is 0 Å². The number of aliphatic hydroxyl groups is 1. The van der Waals surface area contributed by atoms with Gasteiger partial charge in [-0.1, -0.05) is 0 Å².